The largest absolute Gasteiger partial charge is 0.493 e. The molecule has 0 aliphatic carbocycles. The van der Waals surface area contributed by atoms with Crippen LogP contribution in [0, 0.1) is 0 Å². The smallest absolute Gasteiger partial charge is 0.255 e. The molecule has 0 saturated heterocycles. The van der Waals surface area contributed by atoms with Crippen molar-refractivity contribution >= 4 is 23.4 Å². The summed E-state index contributed by atoms with van der Waals surface area (Å²) >= 11 is 6.12. The Kier molecular flexibility index (Phi) is 9.59. The number of carbonyl (C=O) groups excluding carboxylic acids is 2. The number of ether oxygens (including phenoxy) is 2. The Morgan fingerprint density at radius 2 is 1.61 bits per heavy atom. The number of halogens is 1. The molecular formula is C31H35ClN2O4. The molecule has 2 amide bonds. The summed E-state index contributed by atoms with van der Waals surface area (Å²) in [5.41, 5.74) is 3.20. The fourth-order valence-electron chi connectivity index (χ4n) is 4.11. The third-order valence-electron chi connectivity index (χ3n) is 6.25. The van der Waals surface area contributed by atoms with Crippen molar-refractivity contribution < 1.29 is 19.1 Å². The van der Waals surface area contributed by atoms with E-state index in [9.17, 15) is 9.59 Å². The Morgan fingerprint density at radius 3 is 2.16 bits per heavy atom. The lowest BCUT2D eigenvalue weighted by atomic mass is 9.87. The molecular weight excluding hydrogens is 500 g/mol. The molecule has 1 N–H and O–H groups in total. The van der Waals surface area contributed by atoms with E-state index >= 15 is 0 Å². The number of nitrogens with zero attached hydrogens (tertiary/aromatic N) is 1. The predicted octanol–water partition coefficient (Wildman–Crippen LogP) is 6.34. The number of rotatable bonds is 10. The summed E-state index contributed by atoms with van der Waals surface area (Å²) in [5.74, 6) is 0.255. The van der Waals surface area contributed by atoms with Gasteiger partial charge in [0.15, 0.2) is 11.5 Å². The second-order valence-corrected chi connectivity index (χ2v) is 10.4. The van der Waals surface area contributed by atoms with Crippen LogP contribution in [0.25, 0.3) is 0 Å². The van der Waals surface area contributed by atoms with Crippen molar-refractivity contribution in [2.75, 3.05) is 20.8 Å². The van der Waals surface area contributed by atoms with Crippen LogP contribution in [0.3, 0.4) is 0 Å². The first-order valence-corrected chi connectivity index (χ1v) is 12.7. The summed E-state index contributed by atoms with van der Waals surface area (Å²) in [4.78, 5) is 28.9. The lowest BCUT2D eigenvalue weighted by Gasteiger charge is -2.31. The third-order valence-corrected chi connectivity index (χ3v) is 6.50. The van der Waals surface area contributed by atoms with Crippen molar-refractivity contribution in [3.63, 3.8) is 0 Å². The lowest BCUT2D eigenvalue weighted by Crippen LogP contribution is -2.43. The Morgan fingerprint density at radius 1 is 0.974 bits per heavy atom. The quantitative estimate of drug-likeness (QED) is 0.308. The summed E-state index contributed by atoms with van der Waals surface area (Å²) in [6.45, 7) is 10.8. The van der Waals surface area contributed by atoms with E-state index in [-0.39, 0.29) is 23.8 Å². The highest BCUT2D eigenvalue weighted by atomic mass is 35.5. The van der Waals surface area contributed by atoms with Crippen LogP contribution in [-0.2, 0) is 16.8 Å². The van der Waals surface area contributed by atoms with E-state index in [2.05, 4.69) is 44.8 Å². The van der Waals surface area contributed by atoms with Crippen molar-refractivity contribution in [1.82, 2.24) is 10.2 Å². The van der Waals surface area contributed by atoms with Crippen LogP contribution in [-0.4, -0.2) is 37.5 Å². The minimum atomic E-state index is -0.917. The number of carbonyl (C=O) groups is 2. The van der Waals surface area contributed by atoms with E-state index < -0.39 is 6.04 Å². The third kappa shape index (κ3) is 6.95. The van der Waals surface area contributed by atoms with Gasteiger partial charge < -0.3 is 19.7 Å². The average Bonchev–Trinajstić information content (AvgIpc) is 2.91. The van der Waals surface area contributed by atoms with Crippen LogP contribution in [0.15, 0.2) is 79.4 Å². The summed E-state index contributed by atoms with van der Waals surface area (Å²) in [7, 11) is 3.03. The molecule has 0 aromatic heterocycles. The lowest BCUT2D eigenvalue weighted by molar-refractivity contribution is -0.126. The molecule has 0 aliphatic rings. The molecule has 1 unspecified atom stereocenters. The van der Waals surface area contributed by atoms with Crippen LogP contribution in [0.1, 0.15) is 53.9 Å². The molecule has 0 radical (unpaired) electrons. The Balaban J connectivity index is 1.93. The van der Waals surface area contributed by atoms with Gasteiger partial charge in [-0.1, -0.05) is 74.8 Å². The van der Waals surface area contributed by atoms with E-state index in [0.717, 1.165) is 5.56 Å². The number of methoxy groups -OCH3 is 2. The zero-order valence-corrected chi connectivity index (χ0v) is 23.3. The highest BCUT2D eigenvalue weighted by Crippen LogP contribution is 2.30. The number of hydrogen-bond acceptors (Lipinski definition) is 4. The van der Waals surface area contributed by atoms with Gasteiger partial charge in [0.2, 0.25) is 5.91 Å². The van der Waals surface area contributed by atoms with Crippen molar-refractivity contribution in [3.05, 3.63) is 107 Å². The highest BCUT2D eigenvalue weighted by molar-refractivity contribution is 6.30. The monoisotopic (exact) mass is 534 g/mol. The van der Waals surface area contributed by atoms with Gasteiger partial charge in [-0.3, -0.25) is 9.59 Å². The zero-order chi connectivity index (χ0) is 27.9. The van der Waals surface area contributed by atoms with Gasteiger partial charge in [-0.05, 0) is 52.4 Å². The molecule has 7 heteroatoms. The predicted molar refractivity (Wildman–Crippen MR) is 152 cm³/mol. The van der Waals surface area contributed by atoms with Crippen LogP contribution in [0.4, 0.5) is 0 Å². The topological polar surface area (TPSA) is 67.9 Å². The molecule has 200 valence electrons. The molecule has 1 atom stereocenters. The van der Waals surface area contributed by atoms with E-state index in [0.29, 0.717) is 34.2 Å². The normalized spacial score (nSPS) is 11.8. The second kappa shape index (κ2) is 12.7. The van der Waals surface area contributed by atoms with Crippen LogP contribution < -0.4 is 14.8 Å². The van der Waals surface area contributed by atoms with E-state index in [1.165, 1.54) is 24.7 Å². The fourth-order valence-corrected chi connectivity index (χ4v) is 4.23. The maximum atomic E-state index is 13.8. The number of benzene rings is 3. The molecule has 0 spiro atoms. The number of nitrogens with one attached hydrogen (secondary N) is 1. The second-order valence-electron chi connectivity index (χ2n) is 9.93. The van der Waals surface area contributed by atoms with Gasteiger partial charge in [-0.25, -0.2) is 0 Å². The molecule has 0 heterocycles. The van der Waals surface area contributed by atoms with Crippen molar-refractivity contribution in [2.45, 2.75) is 38.8 Å². The van der Waals surface area contributed by atoms with E-state index in [4.69, 9.17) is 21.1 Å². The molecule has 0 saturated carbocycles. The zero-order valence-electron chi connectivity index (χ0n) is 22.6. The summed E-state index contributed by atoms with van der Waals surface area (Å²) < 4.78 is 10.7. The first kappa shape index (κ1) is 28.8. The molecule has 3 rings (SSSR count). The number of hydrogen-bond donors (Lipinski definition) is 1. The van der Waals surface area contributed by atoms with Crippen LogP contribution in [0.5, 0.6) is 11.5 Å². The fraction of sp³-hybridized carbons (Fsp3) is 0.290. The van der Waals surface area contributed by atoms with E-state index in [1.807, 2.05) is 12.1 Å². The van der Waals surface area contributed by atoms with Gasteiger partial charge in [0, 0.05) is 23.7 Å². The molecule has 38 heavy (non-hydrogen) atoms. The summed E-state index contributed by atoms with van der Waals surface area (Å²) in [5, 5.41) is 3.55. The van der Waals surface area contributed by atoms with Gasteiger partial charge in [0.25, 0.3) is 5.91 Å². The van der Waals surface area contributed by atoms with Crippen molar-refractivity contribution in [3.8, 4) is 11.5 Å². The SMILES string of the molecule is C=CCN(C(=O)c1ccc(OC)c(OC)c1)C(C(=O)NCc1ccc(C(C)(C)C)cc1)c1ccc(Cl)cc1. The van der Waals surface area contributed by atoms with Gasteiger partial charge in [0.1, 0.15) is 6.04 Å². The Hall–Kier alpha value is -3.77. The maximum Gasteiger partial charge on any atom is 0.255 e. The minimum absolute atomic E-state index is 0.0388. The van der Waals surface area contributed by atoms with Crippen LogP contribution >= 0.6 is 11.6 Å². The van der Waals surface area contributed by atoms with E-state index in [1.54, 1.807) is 48.5 Å². The standard InChI is InChI=1S/C31H35ClN2O4/c1-7-18-34(30(36)23-12-17-26(37-5)27(19-23)38-6)28(22-10-15-25(32)16-11-22)29(35)33-20-21-8-13-24(14-9-21)31(2,3)4/h7-17,19,28H,1,18,20H2,2-6H3,(H,33,35). The Bertz CT molecular complexity index is 1260. The number of amides is 2. The minimum Gasteiger partial charge on any atom is -0.493 e. The van der Waals surface area contributed by atoms with Crippen molar-refractivity contribution in [2.24, 2.45) is 0 Å². The molecule has 0 fully saturated rings. The summed E-state index contributed by atoms with van der Waals surface area (Å²) in [6, 6.07) is 19.1. The first-order chi connectivity index (χ1) is 18.1. The van der Waals surface area contributed by atoms with Gasteiger partial charge in [-0.15, -0.1) is 6.58 Å². The average molecular weight is 535 g/mol. The Labute approximate surface area is 230 Å². The van der Waals surface area contributed by atoms with Gasteiger partial charge in [-0.2, -0.15) is 0 Å². The highest BCUT2D eigenvalue weighted by Gasteiger charge is 2.32. The molecule has 6 nitrogen and oxygen atoms in total. The summed E-state index contributed by atoms with van der Waals surface area (Å²) in [6.07, 6.45) is 1.60. The first-order valence-electron chi connectivity index (χ1n) is 12.4. The molecule has 3 aromatic rings. The molecule has 0 bridgehead atoms. The van der Waals surface area contributed by atoms with Crippen molar-refractivity contribution in [1.29, 1.82) is 0 Å². The van der Waals surface area contributed by atoms with Gasteiger partial charge >= 0.3 is 0 Å². The maximum absolute atomic E-state index is 13.8. The molecule has 0 aliphatic heterocycles. The van der Waals surface area contributed by atoms with Crippen LogP contribution in [0.2, 0.25) is 5.02 Å². The van der Waals surface area contributed by atoms with Gasteiger partial charge in [0.05, 0.1) is 14.2 Å². The molecule has 3 aromatic carbocycles.